The predicted molar refractivity (Wildman–Crippen MR) is 115 cm³/mol. The zero-order chi connectivity index (χ0) is 21.5. The standard InChI is InChI=1S/C22H25N5O3/c1-15(2)13-30-20-9-6-17(11-21(20)29-4)7-10-22(28)24-19-12-18(8-5-16(19)3)27-14-23-25-26-27/h5-12,14-15H,13H2,1-4H3,(H,24,28)/b10-7+. The first-order valence-corrected chi connectivity index (χ1v) is 9.60. The number of hydrogen-bond acceptors (Lipinski definition) is 6. The molecule has 8 heteroatoms. The summed E-state index contributed by atoms with van der Waals surface area (Å²) in [6.07, 6.45) is 4.70. The Hall–Kier alpha value is -3.68. The highest BCUT2D eigenvalue weighted by Crippen LogP contribution is 2.29. The highest BCUT2D eigenvalue weighted by Gasteiger charge is 2.08. The highest BCUT2D eigenvalue weighted by molar-refractivity contribution is 6.02. The first-order valence-electron chi connectivity index (χ1n) is 9.60. The van der Waals surface area contributed by atoms with Crippen molar-refractivity contribution in [1.82, 2.24) is 20.2 Å². The molecule has 30 heavy (non-hydrogen) atoms. The maximum atomic E-state index is 12.4. The summed E-state index contributed by atoms with van der Waals surface area (Å²) in [5.41, 5.74) is 3.21. The van der Waals surface area contributed by atoms with E-state index in [0.29, 0.717) is 29.7 Å². The fourth-order valence-electron chi connectivity index (χ4n) is 2.68. The van der Waals surface area contributed by atoms with E-state index >= 15 is 0 Å². The van der Waals surface area contributed by atoms with Crippen molar-refractivity contribution >= 4 is 17.7 Å². The molecule has 3 rings (SSSR count). The third-order valence-electron chi connectivity index (χ3n) is 4.28. The van der Waals surface area contributed by atoms with Gasteiger partial charge in [-0.25, -0.2) is 4.68 Å². The van der Waals surface area contributed by atoms with Gasteiger partial charge in [0.15, 0.2) is 11.5 Å². The summed E-state index contributed by atoms with van der Waals surface area (Å²) in [7, 11) is 1.60. The molecule has 3 aromatic rings. The molecule has 0 fully saturated rings. The Bertz CT molecular complexity index is 1030. The van der Waals surface area contributed by atoms with Gasteiger partial charge in [0.2, 0.25) is 5.91 Å². The van der Waals surface area contributed by atoms with Crippen LogP contribution in [0.4, 0.5) is 5.69 Å². The molecule has 8 nitrogen and oxygen atoms in total. The monoisotopic (exact) mass is 407 g/mol. The Morgan fingerprint density at radius 3 is 2.73 bits per heavy atom. The molecular weight excluding hydrogens is 382 g/mol. The predicted octanol–water partition coefficient (Wildman–Crippen LogP) is 3.67. The summed E-state index contributed by atoms with van der Waals surface area (Å²) in [6, 6.07) is 11.2. The van der Waals surface area contributed by atoms with Gasteiger partial charge in [-0.1, -0.05) is 26.0 Å². The van der Waals surface area contributed by atoms with E-state index in [1.807, 2.05) is 43.3 Å². The number of anilines is 1. The zero-order valence-electron chi connectivity index (χ0n) is 17.5. The van der Waals surface area contributed by atoms with Gasteiger partial charge < -0.3 is 14.8 Å². The van der Waals surface area contributed by atoms with Crippen LogP contribution in [0.25, 0.3) is 11.8 Å². The van der Waals surface area contributed by atoms with Crippen molar-refractivity contribution < 1.29 is 14.3 Å². The average Bonchev–Trinajstić information content (AvgIpc) is 3.27. The maximum Gasteiger partial charge on any atom is 0.248 e. The molecule has 1 heterocycles. The molecule has 0 aliphatic heterocycles. The van der Waals surface area contributed by atoms with Crippen LogP contribution in [0.1, 0.15) is 25.0 Å². The number of rotatable bonds is 8. The summed E-state index contributed by atoms with van der Waals surface area (Å²) in [5.74, 6) is 1.48. The van der Waals surface area contributed by atoms with Crippen LogP contribution in [0.15, 0.2) is 48.8 Å². The fraction of sp³-hybridized carbons (Fsp3) is 0.273. The lowest BCUT2D eigenvalue weighted by Crippen LogP contribution is -2.09. The number of tetrazole rings is 1. The molecule has 0 unspecified atom stereocenters. The van der Waals surface area contributed by atoms with E-state index in [1.54, 1.807) is 13.2 Å². The lowest BCUT2D eigenvalue weighted by atomic mass is 10.1. The van der Waals surface area contributed by atoms with Crippen LogP contribution in [0.3, 0.4) is 0 Å². The maximum absolute atomic E-state index is 12.4. The van der Waals surface area contributed by atoms with Gasteiger partial charge in [-0.15, -0.1) is 5.10 Å². The van der Waals surface area contributed by atoms with Crippen molar-refractivity contribution in [2.45, 2.75) is 20.8 Å². The zero-order valence-corrected chi connectivity index (χ0v) is 17.5. The molecule has 0 bridgehead atoms. The fourth-order valence-corrected chi connectivity index (χ4v) is 2.68. The highest BCUT2D eigenvalue weighted by atomic mass is 16.5. The summed E-state index contributed by atoms with van der Waals surface area (Å²) in [6.45, 7) is 6.70. The first kappa shape index (κ1) is 21.0. The SMILES string of the molecule is COc1cc(/C=C/C(=O)Nc2cc(-n3cnnn3)ccc2C)ccc1OCC(C)C. The quantitative estimate of drug-likeness (QED) is 0.573. The van der Waals surface area contributed by atoms with Crippen molar-refractivity contribution in [3.8, 4) is 17.2 Å². The second-order valence-electron chi connectivity index (χ2n) is 7.19. The van der Waals surface area contributed by atoms with Crippen LogP contribution in [-0.4, -0.2) is 39.8 Å². The van der Waals surface area contributed by atoms with Gasteiger partial charge in [0.25, 0.3) is 0 Å². The minimum atomic E-state index is -0.244. The number of carbonyl (C=O) groups excluding carboxylic acids is 1. The van der Waals surface area contributed by atoms with Crippen LogP contribution >= 0.6 is 0 Å². The van der Waals surface area contributed by atoms with E-state index in [4.69, 9.17) is 9.47 Å². The molecule has 0 aliphatic carbocycles. The second-order valence-corrected chi connectivity index (χ2v) is 7.19. The molecular formula is C22H25N5O3. The number of carbonyl (C=O) groups is 1. The van der Waals surface area contributed by atoms with Gasteiger partial charge >= 0.3 is 0 Å². The minimum Gasteiger partial charge on any atom is -0.493 e. The van der Waals surface area contributed by atoms with Crippen LogP contribution in [0, 0.1) is 12.8 Å². The van der Waals surface area contributed by atoms with Crippen LogP contribution in [0.2, 0.25) is 0 Å². The average molecular weight is 407 g/mol. The van der Waals surface area contributed by atoms with Gasteiger partial charge in [0.05, 0.1) is 19.4 Å². The number of benzene rings is 2. The first-order chi connectivity index (χ1) is 14.5. The van der Waals surface area contributed by atoms with Crippen molar-refractivity contribution in [2.24, 2.45) is 5.92 Å². The summed E-state index contributed by atoms with van der Waals surface area (Å²) >= 11 is 0. The third-order valence-corrected chi connectivity index (χ3v) is 4.28. The smallest absolute Gasteiger partial charge is 0.248 e. The van der Waals surface area contributed by atoms with Gasteiger partial charge in [-0.05, 0) is 64.7 Å². The Balaban J connectivity index is 1.70. The molecule has 0 aliphatic rings. The number of hydrogen-bond donors (Lipinski definition) is 1. The van der Waals surface area contributed by atoms with Crippen molar-refractivity contribution in [3.05, 3.63) is 59.9 Å². The Labute approximate surface area is 175 Å². The summed E-state index contributed by atoms with van der Waals surface area (Å²) in [5, 5.41) is 14.0. The Morgan fingerprint density at radius 1 is 1.20 bits per heavy atom. The number of aryl methyl sites for hydroxylation is 1. The number of nitrogens with zero attached hydrogens (tertiary/aromatic N) is 4. The van der Waals surface area contributed by atoms with E-state index in [0.717, 1.165) is 16.8 Å². The number of ether oxygens (including phenoxy) is 2. The lowest BCUT2D eigenvalue weighted by Gasteiger charge is -2.12. The molecule has 1 amide bonds. The molecule has 0 spiro atoms. The molecule has 156 valence electrons. The normalized spacial score (nSPS) is 11.1. The van der Waals surface area contributed by atoms with Crippen LogP contribution in [-0.2, 0) is 4.79 Å². The van der Waals surface area contributed by atoms with Crippen molar-refractivity contribution in [3.63, 3.8) is 0 Å². The van der Waals surface area contributed by atoms with Crippen molar-refractivity contribution in [2.75, 3.05) is 19.0 Å². The molecule has 2 aromatic carbocycles. The van der Waals surface area contributed by atoms with Crippen molar-refractivity contribution in [1.29, 1.82) is 0 Å². The number of nitrogens with one attached hydrogen (secondary N) is 1. The number of methoxy groups -OCH3 is 1. The topological polar surface area (TPSA) is 91.2 Å². The number of aromatic nitrogens is 4. The molecule has 1 aromatic heterocycles. The lowest BCUT2D eigenvalue weighted by molar-refractivity contribution is -0.111. The summed E-state index contributed by atoms with van der Waals surface area (Å²) in [4.78, 5) is 12.4. The second kappa shape index (κ2) is 9.69. The van der Waals surface area contributed by atoms with Crippen LogP contribution in [0.5, 0.6) is 11.5 Å². The van der Waals surface area contributed by atoms with Gasteiger partial charge in [0, 0.05) is 11.8 Å². The molecule has 0 saturated heterocycles. The molecule has 0 atom stereocenters. The summed E-state index contributed by atoms with van der Waals surface area (Å²) < 4.78 is 12.7. The van der Waals surface area contributed by atoms with E-state index in [-0.39, 0.29) is 5.91 Å². The largest absolute Gasteiger partial charge is 0.493 e. The van der Waals surface area contributed by atoms with Gasteiger partial charge in [0.1, 0.15) is 6.33 Å². The van der Waals surface area contributed by atoms with E-state index < -0.39 is 0 Å². The Kier molecular flexibility index (Phi) is 6.79. The molecule has 1 N–H and O–H groups in total. The van der Waals surface area contributed by atoms with E-state index in [2.05, 4.69) is 34.7 Å². The molecule has 0 saturated carbocycles. The number of amides is 1. The minimum absolute atomic E-state index is 0.244. The van der Waals surface area contributed by atoms with E-state index in [1.165, 1.54) is 17.1 Å². The van der Waals surface area contributed by atoms with Gasteiger partial charge in [-0.3, -0.25) is 4.79 Å². The van der Waals surface area contributed by atoms with Gasteiger partial charge in [-0.2, -0.15) is 0 Å². The van der Waals surface area contributed by atoms with E-state index in [9.17, 15) is 4.79 Å². The third kappa shape index (κ3) is 5.44. The molecule has 0 radical (unpaired) electrons. The Morgan fingerprint density at radius 2 is 2.03 bits per heavy atom. The van der Waals surface area contributed by atoms with Crippen LogP contribution < -0.4 is 14.8 Å².